The van der Waals surface area contributed by atoms with Crippen molar-refractivity contribution in [2.75, 3.05) is 11.9 Å². The minimum Gasteiger partial charge on any atom is -0.478 e. The van der Waals surface area contributed by atoms with Crippen molar-refractivity contribution in [3.8, 4) is 0 Å². The highest BCUT2D eigenvalue weighted by Gasteiger charge is 2.12. The molecule has 1 aromatic carbocycles. The van der Waals surface area contributed by atoms with Crippen LogP contribution in [0.4, 0.5) is 10.5 Å². The van der Waals surface area contributed by atoms with Gasteiger partial charge in [-0.2, -0.15) is 0 Å². The highest BCUT2D eigenvalue weighted by molar-refractivity contribution is 9.10. The van der Waals surface area contributed by atoms with Gasteiger partial charge in [-0.15, -0.1) is 0 Å². The normalized spacial score (nSPS) is 10.2. The molecule has 0 aliphatic heterocycles. The lowest BCUT2D eigenvalue weighted by Gasteiger charge is -2.11. The average molecular weight is 315 g/mol. The van der Waals surface area contributed by atoms with Crippen LogP contribution < -0.4 is 10.6 Å². The van der Waals surface area contributed by atoms with Crippen molar-refractivity contribution in [3.05, 3.63) is 28.2 Å². The molecule has 3 N–H and O–H groups in total. The molecule has 0 aliphatic rings. The molecular weight excluding hydrogens is 300 g/mol. The molecule has 1 rings (SSSR count). The van der Waals surface area contributed by atoms with Crippen LogP contribution in [0.3, 0.4) is 0 Å². The van der Waals surface area contributed by atoms with Crippen LogP contribution in [0.5, 0.6) is 0 Å². The standard InChI is InChI=1S/C12H15BrN2O3/c1-7(2)6-14-12(18)15-10-5-8(13)3-4-9(10)11(16)17/h3-5,7H,6H2,1-2H3,(H,16,17)(H2,14,15,18). The number of halogens is 1. The Morgan fingerprint density at radius 1 is 1.39 bits per heavy atom. The molecule has 0 bridgehead atoms. The molecule has 0 atom stereocenters. The second-order valence-corrected chi connectivity index (χ2v) is 5.14. The SMILES string of the molecule is CC(C)CNC(=O)Nc1cc(Br)ccc1C(=O)O. The number of amides is 2. The third kappa shape index (κ3) is 4.37. The fourth-order valence-electron chi connectivity index (χ4n) is 1.27. The van der Waals surface area contributed by atoms with Gasteiger partial charge in [0.1, 0.15) is 0 Å². The molecule has 0 spiro atoms. The lowest BCUT2D eigenvalue weighted by atomic mass is 10.2. The first-order chi connectivity index (χ1) is 8.40. The van der Waals surface area contributed by atoms with Gasteiger partial charge in [0.15, 0.2) is 0 Å². The van der Waals surface area contributed by atoms with E-state index >= 15 is 0 Å². The molecule has 0 aromatic heterocycles. The number of carbonyl (C=O) groups excluding carboxylic acids is 1. The number of aromatic carboxylic acids is 1. The van der Waals surface area contributed by atoms with Crippen molar-refractivity contribution in [1.29, 1.82) is 0 Å². The van der Waals surface area contributed by atoms with E-state index in [1.54, 1.807) is 12.1 Å². The molecule has 0 saturated heterocycles. The minimum atomic E-state index is -1.08. The number of carbonyl (C=O) groups is 2. The predicted molar refractivity (Wildman–Crippen MR) is 73.0 cm³/mol. The third-order valence-electron chi connectivity index (χ3n) is 2.13. The Labute approximate surface area is 114 Å². The van der Waals surface area contributed by atoms with E-state index < -0.39 is 12.0 Å². The summed E-state index contributed by atoms with van der Waals surface area (Å²) in [5.41, 5.74) is 0.316. The summed E-state index contributed by atoms with van der Waals surface area (Å²) < 4.78 is 0.701. The zero-order chi connectivity index (χ0) is 13.7. The summed E-state index contributed by atoms with van der Waals surface area (Å²) in [5.74, 6) is -0.751. The largest absolute Gasteiger partial charge is 0.478 e. The van der Waals surface area contributed by atoms with Crippen molar-refractivity contribution in [2.45, 2.75) is 13.8 Å². The first-order valence-corrected chi connectivity index (χ1v) is 6.27. The minimum absolute atomic E-state index is 0.0536. The van der Waals surface area contributed by atoms with Gasteiger partial charge in [-0.25, -0.2) is 9.59 Å². The molecule has 0 radical (unpaired) electrons. The zero-order valence-electron chi connectivity index (χ0n) is 10.2. The maximum absolute atomic E-state index is 11.6. The Hall–Kier alpha value is -1.56. The smallest absolute Gasteiger partial charge is 0.337 e. The quantitative estimate of drug-likeness (QED) is 0.799. The third-order valence-corrected chi connectivity index (χ3v) is 2.62. The van der Waals surface area contributed by atoms with E-state index in [4.69, 9.17) is 5.11 Å². The molecule has 2 amide bonds. The van der Waals surface area contributed by atoms with E-state index in [0.29, 0.717) is 16.9 Å². The molecule has 1 aromatic rings. The number of hydrogen-bond acceptors (Lipinski definition) is 2. The van der Waals surface area contributed by atoms with E-state index in [1.165, 1.54) is 6.07 Å². The number of urea groups is 1. The van der Waals surface area contributed by atoms with Crippen LogP contribution in [0.2, 0.25) is 0 Å². The Kier molecular flexibility index (Phi) is 5.15. The molecule has 0 unspecified atom stereocenters. The number of carboxylic acids is 1. The molecule has 0 fully saturated rings. The van der Waals surface area contributed by atoms with E-state index in [0.717, 1.165) is 0 Å². The first kappa shape index (κ1) is 14.5. The number of hydrogen-bond donors (Lipinski definition) is 3. The molecule has 98 valence electrons. The Morgan fingerprint density at radius 2 is 2.06 bits per heavy atom. The van der Waals surface area contributed by atoms with Crippen LogP contribution in [0.15, 0.2) is 22.7 Å². The fraction of sp³-hybridized carbons (Fsp3) is 0.333. The van der Waals surface area contributed by atoms with Crippen LogP contribution in [0, 0.1) is 5.92 Å². The number of rotatable bonds is 4. The van der Waals surface area contributed by atoms with E-state index in [2.05, 4.69) is 26.6 Å². The highest BCUT2D eigenvalue weighted by atomic mass is 79.9. The molecule has 0 saturated carbocycles. The van der Waals surface area contributed by atoms with E-state index in [1.807, 2.05) is 13.8 Å². The van der Waals surface area contributed by atoms with Gasteiger partial charge in [0.05, 0.1) is 11.3 Å². The molecule has 0 aliphatic carbocycles. The summed E-state index contributed by atoms with van der Waals surface area (Å²) >= 11 is 3.23. The maximum atomic E-state index is 11.6. The summed E-state index contributed by atoms with van der Waals surface area (Å²) in [6.45, 7) is 4.48. The van der Waals surface area contributed by atoms with Gasteiger partial charge in [0, 0.05) is 11.0 Å². The summed E-state index contributed by atoms with van der Waals surface area (Å²) in [6, 6.07) is 4.19. The van der Waals surface area contributed by atoms with Gasteiger partial charge in [0.25, 0.3) is 0 Å². The monoisotopic (exact) mass is 314 g/mol. The van der Waals surface area contributed by atoms with Gasteiger partial charge >= 0.3 is 12.0 Å². The van der Waals surface area contributed by atoms with Crippen molar-refractivity contribution in [1.82, 2.24) is 5.32 Å². The number of anilines is 1. The van der Waals surface area contributed by atoms with Crippen LogP contribution >= 0.6 is 15.9 Å². The summed E-state index contributed by atoms with van der Waals surface area (Å²) in [7, 11) is 0. The topological polar surface area (TPSA) is 78.4 Å². The summed E-state index contributed by atoms with van der Waals surface area (Å²) in [6.07, 6.45) is 0. The first-order valence-electron chi connectivity index (χ1n) is 5.48. The zero-order valence-corrected chi connectivity index (χ0v) is 11.7. The van der Waals surface area contributed by atoms with Gasteiger partial charge in [0.2, 0.25) is 0 Å². The van der Waals surface area contributed by atoms with Crippen molar-refractivity contribution in [3.63, 3.8) is 0 Å². The highest BCUT2D eigenvalue weighted by Crippen LogP contribution is 2.21. The Morgan fingerprint density at radius 3 is 2.61 bits per heavy atom. The Balaban J connectivity index is 2.79. The second kappa shape index (κ2) is 6.39. The average Bonchev–Trinajstić information content (AvgIpc) is 2.26. The maximum Gasteiger partial charge on any atom is 0.337 e. The summed E-state index contributed by atoms with van der Waals surface area (Å²) in [5, 5.41) is 14.2. The lowest BCUT2D eigenvalue weighted by molar-refractivity contribution is 0.0698. The number of benzene rings is 1. The van der Waals surface area contributed by atoms with Crippen LogP contribution in [0.1, 0.15) is 24.2 Å². The number of carboxylic acid groups (broad SMARTS) is 1. The second-order valence-electron chi connectivity index (χ2n) is 4.22. The van der Waals surface area contributed by atoms with Crippen LogP contribution in [0.25, 0.3) is 0 Å². The van der Waals surface area contributed by atoms with Crippen molar-refractivity contribution < 1.29 is 14.7 Å². The van der Waals surface area contributed by atoms with Gasteiger partial charge in [-0.3, -0.25) is 0 Å². The van der Waals surface area contributed by atoms with Crippen LogP contribution in [-0.2, 0) is 0 Å². The van der Waals surface area contributed by atoms with Gasteiger partial charge in [-0.05, 0) is 24.1 Å². The molecule has 18 heavy (non-hydrogen) atoms. The summed E-state index contributed by atoms with van der Waals surface area (Å²) in [4.78, 5) is 22.6. The lowest BCUT2D eigenvalue weighted by Crippen LogP contribution is -2.32. The van der Waals surface area contributed by atoms with Crippen molar-refractivity contribution >= 4 is 33.6 Å². The van der Waals surface area contributed by atoms with Gasteiger partial charge in [-0.1, -0.05) is 29.8 Å². The fourth-order valence-corrected chi connectivity index (χ4v) is 1.63. The van der Waals surface area contributed by atoms with E-state index in [-0.39, 0.29) is 11.3 Å². The predicted octanol–water partition coefficient (Wildman–Crippen LogP) is 2.92. The molecule has 5 nitrogen and oxygen atoms in total. The molecular formula is C12H15BrN2O3. The van der Waals surface area contributed by atoms with Crippen molar-refractivity contribution in [2.24, 2.45) is 5.92 Å². The van der Waals surface area contributed by atoms with Crippen LogP contribution in [-0.4, -0.2) is 23.7 Å². The number of nitrogens with one attached hydrogen (secondary N) is 2. The Bertz CT molecular complexity index is 461. The van der Waals surface area contributed by atoms with Gasteiger partial charge < -0.3 is 15.7 Å². The molecule has 0 heterocycles. The molecule has 6 heteroatoms. The van der Waals surface area contributed by atoms with E-state index in [9.17, 15) is 9.59 Å².